The van der Waals surface area contributed by atoms with Crippen LogP contribution in [0.15, 0.2) is 24.3 Å². The summed E-state index contributed by atoms with van der Waals surface area (Å²) < 4.78 is 18.7. The molecule has 1 amide bonds. The smallest absolute Gasteiger partial charge is 0.246 e. The number of carbonyl (C=O) groups excluding carboxylic acids is 1. The molecule has 0 spiro atoms. The number of hydrogen-bond acceptors (Lipinski definition) is 3. The Kier molecular flexibility index (Phi) is 9.81. The Morgan fingerprint density at radius 3 is 2.44 bits per heavy atom. The number of carbonyl (C=O) groups is 1. The molecule has 1 saturated carbocycles. The molecule has 6 heteroatoms. The van der Waals surface area contributed by atoms with E-state index < -0.39 is 5.82 Å². The van der Waals surface area contributed by atoms with Gasteiger partial charge < -0.3 is 14.5 Å². The second-order valence-electron chi connectivity index (χ2n) is 7.48. The topological polar surface area (TPSA) is 32.8 Å². The normalized spacial score (nSPS) is 19.8. The summed E-state index contributed by atoms with van der Waals surface area (Å²) in [4.78, 5) is 16.9. The number of likely N-dealkylation sites (N-methyl/N-ethyl adjacent to an activating group) is 1. The minimum absolute atomic E-state index is 0. The van der Waals surface area contributed by atoms with Crippen LogP contribution in [-0.2, 0) is 4.79 Å². The number of methoxy groups -OCH3 is 1. The summed E-state index contributed by atoms with van der Waals surface area (Å²) in [5.41, 5.74) is 0.654. The fraction of sp³-hybridized carbons (Fsp3) is 0.571. The molecule has 1 fully saturated rings. The van der Waals surface area contributed by atoms with Gasteiger partial charge in [0.1, 0.15) is 0 Å². The third kappa shape index (κ3) is 7.15. The zero-order chi connectivity index (χ0) is 19.1. The molecule has 27 heavy (non-hydrogen) atoms. The van der Waals surface area contributed by atoms with Crippen molar-refractivity contribution in [3.05, 3.63) is 35.7 Å². The first-order valence-electron chi connectivity index (χ1n) is 9.37. The van der Waals surface area contributed by atoms with Crippen LogP contribution in [0, 0.1) is 11.7 Å². The van der Waals surface area contributed by atoms with E-state index in [0.717, 1.165) is 25.3 Å². The van der Waals surface area contributed by atoms with Crippen molar-refractivity contribution in [2.24, 2.45) is 5.92 Å². The molecule has 0 aliphatic heterocycles. The number of nitrogens with zero attached hydrogens (tertiary/aromatic N) is 2. The van der Waals surface area contributed by atoms with Gasteiger partial charge in [0.05, 0.1) is 7.11 Å². The van der Waals surface area contributed by atoms with Crippen molar-refractivity contribution in [3.8, 4) is 5.75 Å². The van der Waals surface area contributed by atoms with Gasteiger partial charge in [0.2, 0.25) is 5.91 Å². The molecule has 0 radical (unpaired) electrons. The van der Waals surface area contributed by atoms with Gasteiger partial charge in [0, 0.05) is 25.2 Å². The van der Waals surface area contributed by atoms with E-state index in [9.17, 15) is 9.18 Å². The Morgan fingerprint density at radius 2 is 1.89 bits per heavy atom. The monoisotopic (exact) mass is 398 g/mol. The van der Waals surface area contributed by atoms with Crippen LogP contribution in [0.5, 0.6) is 5.75 Å². The highest BCUT2D eigenvalue weighted by molar-refractivity contribution is 5.92. The molecule has 2 rings (SSSR count). The van der Waals surface area contributed by atoms with Crippen molar-refractivity contribution in [1.29, 1.82) is 0 Å². The quantitative estimate of drug-likeness (QED) is 0.644. The van der Waals surface area contributed by atoms with Gasteiger partial charge in [-0.25, -0.2) is 4.39 Å². The van der Waals surface area contributed by atoms with Crippen molar-refractivity contribution < 1.29 is 13.9 Å². The number of amides is 1. The molecule has 0 aromatic heterocycles. The predicted octanol–water partition coefficient (Wildman–Crippen LogP) is 4.24. The summed E-state index contributed by atoms with van der Waals surface area (Å²) >= 11 is 0. The third-order valence-corrected chi connectivity index (χ3v) is 5.09. The highest BCUT2D eigenvalue weighted by atomic mass is 35.5. The molecule has 1 aliphatic rings. The lowest BCUT2D eigenvalue weighted by Gasteiger charge is -2.36. The molecular weight excluding hydrogens is 367 g/mol. The molecule has 0 bridgehead atoms. The second kappa shape index (κ2) is 11.3. The fourth-order valence-electron chi connectivity index (χ4n) is 3.38. The van der Waals surface area contributed by atoms with E-state index in [4.69, 9.17) is 4.74 Å². The summed E-state index contributed by atoms with van der Waals surface area (Å²) in [5.74, 6) is 0.530. The Balaban J connectivity index is 0.00000364. The highest BCUT2D eigenvalue weighted by Crippen LogP contribution is 2.27. The van der Waals surface area contributed by atoms with E-state index in [1.807, 2.05) is 19.0 Å². The molecule has 4 nitrogen and oxygen atoms in total. The Hall–Kier alpha value is -1.59. The zero-order valence-corrected chi connectivity index (χ0v) is 17.6. The molecule has 0 atom stereocenters. The maximum atomic E-state index is 13.8. The molecule has 0 unspecified atom stereocenters. The van der Waals surface area contributed by atoms with Gasteiger partial charge in [-0.05, 0) is 69.5 Å². The Bertz CT molecular complexity index is 629. The number of hydrogen-bond donors (Lipinski definition) is 0. The summed E-state index contributed by atoms with van der Waals surface area (Å²) in [6.45, 7) is 3.83. The van der Waals surface area contributed by atoms with E-state index in [-0.39, 0.29) is 24.1 Å². The SMILES string of the molecule is COc1ccc(C=CC(=O)N(CCN(C)C)[C@H]2CC[C@H](C)CC2)cc1F.Cl. The van der Waals surface area contributed by atoms with Crippen molar-refractivity contribution in [2.75, 3.05) is 34.3 Å². The molecular formula is C21H32ClFN2O2. The van der Waals surface area contributed by atoms with Gasteiger partial charge in [-0.3, -0.25) is 4.79 Å². The molecule has 1 aliphatic carbocycles. The van der Waals surface area contributed by atoms with Gasteiger partial charge in [-0.2, -0.15) is 0 Å². The van der Waals surface area contributed by atoms with Crippen LogP contribution < -0.4 is 4.74 Å². The van der Waals surface area contributed by atoms with E-state index in [1.54, 1.807) is 24.3 Å². The summed E-state index contributed by atoms with van der Waals surface area (Å²) in [7, 11) is 5.47. The van der Waals surface area contributed by atoms with Crippen molar-refractivity contribution in [2.45, 2.75) is 38.6 Å². The molecule has 152 valence electrons. The van der Waals surface area contributed by atoms with Crippen LogP contribution >= 0.6 is 12.4 Å². The van der Waals surface area contributed by atoms with Crippen molar-refractivity contribution >= 4 is 24.4 Å². The highest BCUT2D eigenvalue weighted by Gasteiger charge is 2.26. The van der Waals surface area contributed by atoms with E-state index in [0.29, 0.717) is 18.2 Å². The van der Waals surface area contributed by atoms with Crippen LogP contribution in [0.2, 0.25) is 0 Å². The number of rotatable bonds is 7. The van der Waals surface area contributed by atoms with Gasteiger partial charge in [-0.1, -0.05) is 13.0 Å². The molecule has 1 aromatic carbocycles. The van der Waals surface area contributed by atoms with Crippen LogP contribution in [0.4, 0.5) is 4.39 Å². The van der Waals surface area contributed by atoms with Crippen molar-refractivity contribution in [1.82, 2.24) is 9.80 Å². The van der Waals surface area contributed by atoms with Crippen molar-refractivity contribution in [3.63, 3.8) is 0 Å². The maximum absolute atomic E-state index is 13.8. The van der Waals surface area contributed by atoms with Gasteiger partial charge >= 0.3 is 0 Å². The van der Waals surface area contributed by atoms with E-state index in [2.05, 4.69) is 11.8 Å². The fourth-order valence-corrected chi connectivity index (χ4v) is 3.38. The summed E-state index contributed by atoms with van der Waals surface area (Å²) in [6, 6.07) is 5.01. The largest absolute Gasteiger partial charge is 0.494 e. The average Bonchev–Trinajstić information content (AvgIpc) is 2.61. The first-order chi connectivity index (χ1) is 12.4. The Labute approximate surface area is 168 Å². The molecule has 1 aromatic rings. The molecule has 0 saturated heterocycles. The van der Waals surface area contributed by atoms with E-state index >= 15 is 0 Å². The van der Waals surface area contributed by atoms with Crippen LogP contribution in [0.3, 0.4) is 0 Å². The Morgan fingerprint density at radius 1 is 1.22 bits per heavy atom. The van der Waals surface area contributed by atoms with Crippen LogP contribution in [-0.4, -0.2) is 56.0 Å². The van der Waals surface area contributed by atoms with Crippen LogP contribution in [0.25, 0.3) is 6.08 Å². The standard InChI is InChI=1S/C21H31FN2O2.ClH/c1-16-5-9-18(10-6-16)24(14-13-23(2)3)21(25)12-8-17-7-11-20(26-4)19(22)15-17;/h7-8,11-12,15-16,18H,5-6,9-10,13-14H2,1-4H3;1H/t16-,18-;. The molecule has 0 heterocycles. The van der Waals surface area contributed by atoms with E-state index in [1.165, 1.54) is 26.0 Å². The lowest BCUT2D eigenvalue weighted by atomic mass is 9.86. The predicted molar refractivity (Wildman–Crippen MR) is 111 cm³/mol. The lowest BCUT2D eigenvalue weighted by molar-refractivity contribution is -0.129. The minimum atomic E-state index is -0.423. The lowest BCUT2D eigenvalue weighted by Crippen LogP contribution is -2.44. The average molecular weight is 399 g/mol. The van der Waals surface area contributed by atoms with Gasteiger partial charge in [0.15, 0.2) is 11.6 Å². The summed E-state index contributed by atoms with van der Waals surface area (Å²) in [6.07, 6.45) is 7.71. The number of ether oxygens (including phenoxy) is 1. The van der Waals surface area contributed by atoms with Gasteiger partial charge in [0.25, 0.3) is 0 Å². The molecule has 0 N–H and O–H groups in total. The first kappa shape index (κ1) is 23.4. The number of halogens is 2. The summed E-state index contributed by atoms with van der Waals surface area (Å²) in [5, 5.41) is 0. The minimum Gasteiger partial charge on any atom is -0.494 e. The first-order valence-corrected chi connectivity index (χ1v) is 9.37. The number of benzene rings is 1. The maximum Gasteiger partial charge on any atom is 0.246 e. The third-order valence-electron chi connectivity index (χ3n) is 5.09. The second-order valence-corrected chi connectivity index (χ2v) is 7.48. The van der Waals surface area contributed by atoms with Crippen LogP contribution in [0.1, 0.15) is 38.2 Å². The zero-order valence-electron chi connectivity index (χ0n) is 16.8. The van der Waals surface area contributed by atoms with Gasteiger partial charge in [-0.15, -0.1) is 12.4 Å².